The lowest BCUT2D eigenvalue weighted by Gasteiger charge is -2.71. The van der Waals surface area contributed by atoms with Crippen LogP contribution < -0.4 is 0 Å². The average Bonchev–Trinajstić information content (AvgIpc) is 0.671. The molecule has 0 radical (unpaired) electrons. The van der Waals surface area contributed by atoms with E-state index in [-0.39, 0.29) is 25.2 Å². The zero-order chi connectivity index (χ0) is 99.0. The number of ether oxygens (including phenoxy) is 20. The van der Waals surface area contributed by atoms with Gasteiger partial charge in [0.1, 0.15) is 208 Å². The number of allylic oxidation sites excluding steroid dienone is 2. The number of hydrogen-bond donors (Lipinski definition) is 26. The second kappa shape index (κ2) is 41.5. The summed E-state index contributed by atoms with van der Waals surface area (Å²) >= 11 is 0. The van der Waals surface area contributed by atoms with Crippen molar-refractivity contribution in [2.75, 3.05) is 39.6 Å². The van der Waals surface area contributed by atoms with Gasteiger partial charge < -0.3 is 232 Å². The second-order valence-electron chi connectivity index (χ2n) is 41.4. The minimum absolute atomic E-state index is 0.0405. The summed E-state index contributed by atoms with van der Waals surface area (Å²) in [5, 5.41) is 289. The number of carboxylic acid groups (broad SMARTS) is 1. The number of carboxylic acids is 1. The number of carbonyl (C=O) groups is 3. The summed E-state index contributed by atoms with van der Waals surface area (Å²) in [6.07, 6.45) is -85.7. The monoisotopic (exact) mass is 1970 g/mol. The van der Waals surface area contributed by atoms with Gasteiger partial charge >= 0.3 is 11.9 Å². The Bertz CT molecular complexity index is 4050. The molecule has 14 fully saturated rings. The molecular formula is C87H138O49. The lowest BCUT2D eigenvalue weighted by molar-refractivity contribution is -0.404. The molecule has 0 aromatic carbocycles. The van der Waals surface area contributed by atoms with E-state index in [0.29, 0.717) is 44.9 Å². The Labute approximate surface area is 780 Å². The molecule has 1 unspecified atom stereocenters. The van der Waals surface area contributed by atoms with E-state index >= 15 is 4.79 Å². The first-order valence-corrected chi connectivity index (χ1v) is 46.7. The quantitative estimate of drug-likeness (QED) is 0.0175. The van der Waals surface area contributed by atoms with Crippen molar-refractivity contribution in [3.63, 3.8) is 0 Å². The van der Waals surface area contributed by atoms with Crippen LogP contribution in [0.5, 0.6) is 0 Å². The molecule has 0 spiro atoms. The summed E-state index contributed by atoms with van der Waals surface area (Å²) < 4.78 is 122. The van der Waals surface area contributed by atoms with Gasteiger partial charge in [0.15, 0.2) is 62.7 Å². The van der Waals surface area contributed by atoms with Gasteiger partial charge in [0.05, 0.1) is 74.9 Å². The summed E-state index contributed by atoms with van der Waals surface area (Å²) in [5.74, 6) is -3.95. The molecule has 0 bridgehead atoms. The van der Waals surface area contributed by atoms with Crippen molar-refractivity contribution in [3.8, 4) is 0 Å². The van der Waals surface area contributed by atoms with Crippen molar-refractivity contribution >= 4 is 18.2 Å². The molecule has 26 N–H and O–H groups in total. The normalized spacial score (nSPS) is 55.0. The van der Waals surface area contributed by atoms with Crippen molar-refractivity contribution in [2.45, 2.75) is 421 Å². The molecule has 780 valence electrons. The van der Waals surface area contributed by atoms with E-state index in [0.717, 1.165) is 11.9 Å². The molecule has 15 rings (SSSR count). The molecule has 5 aliphatic carbocycles. The van der Waals surface area contributed by atoms with Crippen LogP contribution in [-0.4, -0.2) is 485 Å². The highest BCUT2D eigenvalue weighted by atomic mass is 16.8. The van der Waals surface area contributed by atoms with E-state index in [4.69, 9.17) is 94.7 Å². The highest BCUT2D eigenvalue weighted by molar-refractivity contribution is 5.79. The van der Waals surface area contributed by atoms with Gasteiger partial charge in [-0.2, -0.15) is 0 Å². The highest BCUT2D eigenvalue weighted by Gasteiger charge is 2.72. The highest BCUT2D eigenvalue weighted by Crippen LogP contribution is 2.76. The number of rotatable bonds is 25. The average molecular weight is 1970 g/mol. The van der Waals surface area contributed by atoms with E-state index in [1.807, 2.05) is 0 Å². The maximum atomic E-state index is 16.2. The van der Waals surface area contributed by atoms with Gasteiger partial charge in [0.25, 0.3) is 0 Å². The Morgan fingerprint density at radius 3 is 1.36 bits per heavy atom. The maximum absolute atomic E-state index is 16.2. The zero-order valence-corrected chi connectivity index (χ0v) is 76.4. The van der Waals surface area contributed by atoms with Crippen LogP contribution in [-0.2, 0) is 109 Å². The van der Waals surface area contributed by atoms with Gasteiger partial charge in [-0.05, 0) is 124 Å². The van der Waals surface area contributed by atoms with Gasteiger partial charge in [0.2, 0.25) is 6.29 Å². The molecule has 10 saturated heterocycles. The standard InChI is InChI=1S/C87H138O49/c1-28-42(94)49(101)55(107)73(120-28)134-68-65(130-79-66(132-75-57(109)51(103)46(98)36(22-89)124-75)48(100)38(26-119-79)126-71-53(105)43(95)33(92)24-117-71)61(113)78(135-69(68)70(114)115)127-41-13-14-83(6)39(84(41,7)27-91)12-15-86(9)40(83)11-10-31-32-20-82(4,5)16-18-87(32,19-17-85(31,86)8)81(116)136-77-60(112)64(63(30(3)121-77)129-72-54(106)44(96)34(93)25-118-72)131-80-67(133-76-58(110)52(104)47(99)37(23-90)125-76)59(111)62(29(2)122-80)128-74-56(108)50(102)45(97)35(21-88)123-74/h10,27-30,32-69,71-80,88-90,92-113H,11-26H2,1-9H3,(H,114,115)/t28-,29-,30+,32+,33+,34+,35-,36-,37+,38-,39-,40-,41+,42-,43-,44+,45-,46-,47+,48+,49-,50+,51+,52+,53-,54-,55-,56-,57-,58+,59-,60+,61-,62+,63+,64-,65-,66-,67-,68+,69+,71+,72+,73+,74+,75+,76+,77+,78-,79+,80+,83+,84?,85-,86-,87+/m1/s1. The van der Waals surface area contributed by atoms with Crippen molar-refractivity contribution in [3.05, 3.63) is 11.6 Å². The first kappa shape index (κ1) is 107. The third-order valence-corrected chi connectivity index (χ3v) is 32.8. The number of aliphatic hydroxyl groups excluding tert-OH is 25. The molecule has 15 aliphatic rings. The lowest BCUT2D eigenvalue weighted by atomic mass is 9.33. The van der Waals surface area contributed by atoms with Gasteiger partial charge in [-0.15, -0.1) is 0 Å². The van der Waals surface area contributed by atoms with Crippen molar-refractivity contribution in [2.24, 2.45) is 50.2 Å². The number of aliphatic hydroxyl groups is 25. The van der Waals surface area contributed by atoms with Crippen LogP contribution in [0, 0.1) is 50.2 Å². The van der Waals surface area contributed by atoms with Crippen LogP contribution in [0.25, 0.3) is 0 Å². The van der Waals surface area contributed by atoms with Crippen molar-refractivity contribution < 1.29 is 242 Å². The van der Waals surface area contributed by atoms with E-state index in [9.17, 15) is 142 Å². The van der Waals surface area contributed by atoms with E-state index < -0.39 is 391 Å². The molecular weight excluding hydrogens is 1830 g/mol. The number of esters is 1. The minimum atomic E-state index is -2.35. The zero-order valence-electron chi connectivity index (χ0n) is 76.4. The Morgan fingerprint density at radius 2 is 0.816 bits per heavy atom. The predicted octanol–water partition coefficient (Wildman–Crippen LogP) is -10.8. The minimum Gasteiger partial charge on any atom is -0.479 e. The smallest absolute Gasteiger partial charge is 0.335 e. The molecule has 136 heavy (non-hydrogen) atoms. The Balaban J connectivity index is 0.700. The Hall–Kier alpha value is -3.41. The second-order valence-corrected chi connectivity index (χ2v) is 41.4. The van der Waals surface area contributed by atoms with Crippen LogP contribution in [0.2, 0.25) is 0 Å². The molecule has 49 nitrogen and oxygen atoms in total. The number of aldehydes is 1. The van der Waals surface area contributed by atoms with Crippen LogP contribution in [0.3, 0.4) is 0 Å². The Kier molecular flexibility index (Phi) is 32.6. The van der Waals surface area contributed by atoms with Crippen LogP contribution >= 0.6 is 0 Å². The van der Waals surface area contributed by atoms with Crippen molar-refractivity contribution in [1.82, 2.24) is 0 Å². The molecule has 10 aliphatic heterocycles. The van der Waals surface area contributed by atoms with E-state index in [1.54, 1.807) is 6.92 Å². The number of aliphatic carboxylic acids is 1. The number of carbonyl (C=O) groups excluding carboxylic acids is 2. The van der Waals surface area contributed by atoms with Gasteiger partial charge in [0, 0.05) is 0 Å². The van der Waals surface area contributed by atoms with E-state index in [1.165, 1.54) is 20.8 Å². The molecule has 49 heteroatoms. The molecule has 0 aromatic rings. The van der Waals surface area contributed by atoms with Crippen molar-refractivity contribution in [1.29, 1.82) is 0 Å². The summed E-state index contributed by atoms with van der Waals surface area (Å²) in [7, 11) is 0. The van der Waals surface area contributed by atoms with Crippen LogP contribution in [0.4, 0.5) is 0 Å². The largest absolute Gasteiger partial charge is 0.479 e. The van der Waals surface area contributed by atoms with Gasteiger partial charge in [-0.25, -0.2) is 4.79 Å². The topological polar surface area (TPSA) is 762 Å². The van der Waals surface area contributed by atoms with Gasteiger partial charge in [-0.1, -0.05) is 53.2 Å². The van der Waals surface area contributed by atoms with Crippen LogP contribution in [0.1, 0.15) is 127 Å². The fourth-order valence-corrected chi connectivity index (χ4v) is 24.2. The summed E-state index contributed by atoms with van der Waals surface area (Å²) in [4.78, 5) is 44.7. The number of hydrogen-bond acceptors (Lipinski definition) is 48. The first-order chi connectivity index (χ1) is 64.0. The fraction of sp³-hybridized carbons (Fsp3) is 0.943. The molecule has 0 amide bonds. The summed E-state index contributed by atoms with van der Waals surface area (Å²) in [6.45, 7) is 11.6. The van der Waals surface area contributed by atoms with Crippen LogP contribution in [0.15, 0.2) is 11.6 Å². The summed E-state index contributed by atoms with van der Waals surface area (Å²) in [5.41, 5.74) is -4.37. The molecule has 0 aromatic heterocycles. The molecule has 4 saturated carbocycles. The first-order valence-electron chi connectivity index (χ1n) is 46.7. The Morgan fingerprint density at radius 1 is 0.382 bits per heavy atom. The lowest BCUT2D eigenvalue weighted by Crippen LogP contribution is -2.69. The summed E-state index contributed by atoms with van der Waals surface area (Å²) in [6, 6.07) is 0. The number of fused-ring (bicyclic) bond motifs is 7. The fourth-order valence-electron chi connectivity index (χ4n) is 24.2. The third kappa shape index (κ3) is 19.2. The van der Waals surface area contributed by atoms with E-state index in [2.05, 4.69) is 40.7 Å². The predicted molar refractivity (Wildman–Crippen MR) is 437 cm³/mol. The van der Waals surface area contributed by atoms with Gasteiger partial charge in [-0.3, -0.25) is 4.79 Å². The third-order valence-electron chi connectivity index (χ3n) is 32.8. The maximum Gasteiger partial charge on any atom is 0.335 e. The SMILES string of the molecule is C[C@@H]1O[C@@H](OC(=O)[C@]23CCC(C)(C)C[C@H]2C2=CC[C@@H]4[C@@]5(C)CC[C@H](O[C@@H]6O[C@H](C(=O)O)[C@@H](O[C@@H]7O[C@H](C)[C@@H](O)[C@@H](O)[C@H]7O)[C@H](O[C@@H]7OC[C@@H](O[C@@H]8OC[C@H](O)[C@@H](O)[C@H]8O)[C@H](O)[C@H]7O[C@@H]7O[C@H](CO)[C@@H](O)[C@H](O)[C@H]7O)[C@H]6O)C(C)(C=O)[C@@H]5CC[C@@]4(C)[C@]2(C)CC3)[C@@H](O)[C@@H](O[C@@H]2O[C@H](C)[C@H](O[C@@H]3O[C@H](CO)[C@@H](O)[C@H](O)[C@H]3O)[C@@H](O)[C@H]2O[C@@H]2O[C@@H](CO)[C@H](O)[C@H](O)[C@@H]2O)[C@H]1O[C@@H]1OC[C@H](O)[C@H](O)[C@H]1O. The molecule has 10 heterocycles. The molecule has 56 atom stereocenters.